The molecule has 1 N–H and O–H groups in total. The summed E-state index contributed by atoms with van der Waals surface area (Å²) in [6.45, 7) is 3.99. The number of benzene rings is 1. The van der Waals surface area contributed by atoms with Crippen molar-refractivity contribution in [1.82, 2.24) is 4.57 Å². The van der Waals surface area contributed by atoms with Crippen LogP contribution in [0.15, 0.2) is 42.7 Å². The number of hydrogen-bond donors (Lipinski definition) is 1. The van der Waals surface area contributed by atoms with E-state index in [4.69, 9.17) is 0 Å². The highest BCUT2D eigenvalue weighted by molar-refractivity contribution is 5.59. The summed E-state index contributed by atoms with van der Waals surface area (Å²) in [4.78, 5) is 10.6. The molecule has 1 aromatic heterocycles. The number of nitro benzene ring substituents is 1. The Labute approximate surface area is 105 Å². The second-order valence-electron chi connectivity index (χ2n) is 4.38. The molecular weight excluding hydrogens is 230 g/mol. The van der Waals surface area contributed by atoms with Crippen LogP contribution in [0, 0.1) is 10.1 Å². The number of nitrogens with one attached hydrogen (secondary N) is 1. The number of nitrogens with zero attached hydrogens (tertiary/aromatic N) is 2. The Morgan fingerprint density at radius 3 is 2.44 bits per heavy atom. The first-order chi connectivity index (χ1) is 8.56. The van der Waals surface area contributed by atoms with Crippen molar-refractivity contribution in [2.75, 3.05) is 5.32 Å². The van der Waals surface area contributed by atoms with Gasteiger partial charge in [0.05, 0.1) is 10.6 Å². The quantitative estimate of drug-likeness (QED) is 0.664. The molecule has 0 atom stereocenters. The second-order valence-corrected chi connectivity index (χ2v) is 4.38. The summed E-state index contributed by atoms with van der Waals surface area (Å²) in [6, 6.07) is 9.00. The van der Waals surface area contributed by atoms with E-state index in [1.807, 2.05) is 49.0 Å². The van der Waals surface area contributed by atoms with Crippen LogP contribution >= 0.6 is 0 Å². The lowest BCUT2D eigenvalue weighted by molar-refractivity contribution is -0.384. The Kier molecular flexibility index (Phi) is 3.32. The van der Waals surface area contributed by atoms with Gasteiger partial charge in [-0.2, -0.15) is 0 Å². The molecule has 0 saturated heterocycles. The molecule has 0 aliphatic rings. The molecule has 0 amide bonds. The lowest BCUT2D eigenvalue weighted by Crippen LogP contribution is -2.10. The first kappa shape index (κ1) is 12.2. The van der Waals surface area contributed by atoms with Crippen molar-refractivity contribution in [1.29, 1.82) is 0 Å². The van der Waals surface area contributed by atoms with Crippen molar-refractivity contribution in [3.8, 4) is 5.69 Å². The number of rotatable bonds is 4. The SMILES string of the molecule is CC(C)Nc1cc(-n2cccc2)cc([N+](=O)[O-])c1. The summed E-state index contributed by atoms with van der Waals surface area (Å²) in [7, 11) is 0. The molecule has 0 saturated carbocycles. The molecule has 1 heterocycles. The minimum Gasteiger partial charge on any atom is -0.383 e. The van der Waals surface area contributed by atoms with Gasteiger partial charge in [0, 0.05) is 36.3 Å². The molecule has 0 unspecified atom stereocenters. The summed E-state index contributed by atoms with van der Waals surface area (Å²) < 4.78 is 1.85. The molecular formula is C13H15N3O2. The van der Waals surface area contributed by atoms with E-state index in [1.54, 1.807) is 12.1 Å². The molecule has 2 aromatic rings. The third kappa shape index (κ3) is 2.68. The molecule has 18 heavy (non-hydrogen) atoms. The molecule has 0 radical (unpaired) electrons. The molecule has 0 aliphatic carbocycles. The van der Waals surface area contributed by atoms with Gasteiger partial charge in [-0.05, 0) is 32.0 Å². The molecule has 0 bridgehead atoms. The third-order valence-corrected chi connectivity index (χ3v) is 2.47. The van der Waals surface area contributed by atoms with Gasteiger partial charge in [0.25, 0.3) is 5.69 Å². The topological polar surface area (TPSA) is 60.1 Å². The van der Waals surface area contributed by atoms with Gasteiger partial charge in [-0.25, -0.2) is 0 Å². The van der Waals surface area contributed by atoms with Gasteiger partial charge in [-0.1, -0.05) is 0 Å². The molecule has 1 aromatic carbocycles. The van der Waals surface area contributed by atoms with E-state index in [0.29, 0.717) is 0 Å². The van der Waals surface area contributed by atoms with Crippen LogP contribution in [-0.2, 0) is 0 Å². The Hall–Kier alpha value is -2.30. The van der Waals surface area contributed by atoms with Crippen molar-refractivity contribution in [2.45, 2.75) is 19.9 Å². The number of anilines is 1. The predicted molar refractivity (Wildman–Crippen MR) is 71.2 cm³/mol. The van der Waals surface area contributed by atoms with Crippen LogP contribution in [0.5, 0.6) is 0 Å². The summed E-state index contributed by atoms with van der Waals surface area (Å²) in [5, 5.41) is 14.1. The molecule has 5 heteroatoms. The average Bonchev–Trinajstić information content (AvgIpc) is 2.80. The van der Waals surface area contributed by atoms with Crippen LogP contribution in [0.3, 0.4) is 0 Å². The van der Waals surface area contributed by atoms with E-state index in [1.165, 1.54) is 0 Å². The molecule has 5 nitrogen and oxygen atoms in total. The molecule has 0 fully saturated rings. The Morgan fingerprint density at radius 1 is 1.22 bits per heavy atom. The maximum Gasteiger partial charge on any atom is 0.273 e. The zero-order valence-electron chi connectivity index (χ0n) is 10.3. The normalized spacial score (nSPS) is 10.6. The van der Waals surface area contributed by atoms with E-state index >= 15 is 0 Å². The van der Waals surface area contributed by atoms with Crippen LogP contribution in [0.1, 0.15) is 13.8 Å². The third-order valence-electron chi connectivity index (χ3n) is 2.47. The maximum absolute atomic E-state index is 10.9. The van der Waals surface area contributed by atoms with E-state index in [2.05, 4.69) is 5.32 Å². The average molecular weight is 245 g/mol. The maximum atomic E-state index is 10.9. The summed E-state index contributed by atoms with van der Waals surface area (Å²) in [5.41, 5.74) is 1.62. The van der Waals surface area contributed by atoms with Crippen molar-refractivity contribution in [3.63, 3.8) is 0 Å². The minimum atomic E-state index is -0.376. The monoisotopic (exact) mass is 245 g/mol. The number of non-ortho nitro benzene ring substituents is 1. The van der Waals surface area contributed by atoms with E-state index in [9.17, 15) is 10.1 Å². The van der Waals surface area contributed by atoms with Crippen LogP contribution in [0.25, 0.3) is 5.69 Å². The number of hydrogen-bond acceptors (Lipinski definition) is 3. The predicted octanol–water partition coefficient (Wildman–Crippen LogP) is 3.21. The molecule has 2 rings (SSSR count). The summed E-state index contributed by atoms with van der Waals surface area (Å²) in [5.74, 6) is 0. The molecule has 0 aliphatic heterocycles. The lowest BCUT2D eigenvalue weighted by atomic mass is 10.2. The van der Waals surface area contributed by atoms with Gasteiger partial charge in [0.1, 0.15) is 0 Å². The largest absolute Gasteiger partial charge is 0.383 e. The van der Waals surface area contributed by atoms with Gasteiger partial charge in [0.2, 0.25) is 0 Å². The first-order valence-corrected chi connectivity index (χ1v) is 5.75. The van der Waals surface area contributed by atoms with Gasteiger partial charge in [-0.3, -0.25) is 10.1 Å². The van der Waals surface area contributed by atoms with Gasteiger partial charge < -0.3 is 9.88 Å². The highest BCUT2D eigenvalue weighted by Crippen LogP contribution is 2.24. The zero-order chi connectivity index (χ0) is 13.1. The van der Waals surface area contributed by atoms with E-state index in [0.717, 1.165) is 11.4 Å². The van der Waals surface area contributed by atoms with Gasteiger partial charge in [-0.15, -0.1) is 0 Å². The van der Waals surface area contributed by atoms with Crippen LogP contribution in [0.2, 0.25) is 0 Å². The smallest absolute Gasteiger partial charge is 0.273 e. The first-order valence-electron chi connectivity index (χ1n) is 5.75. The fraction of sp³-hybridized carbons (Fsp3) is 0.231. The highest BCUT2D eigenvalue weighted by atomic mass is 16.6. The van der Waals surface area contributed by atoms with Crippen LogP contribution < -0.4 is 5.32 Å². The fourth-order valence-electron chi connectivity index (χ4n) is 1.77. The molecule has 94 valence electrons. The number of aromatic nitrogens is 1. The van der Waals surface area contributed by atoms with Crippen molar-refractivity contribution in [3.05, 3.63) is 52.8 Å². The second kappa shape index (κ2) is 4.91. The van der Waals surface area contributed by atoms with Gasteiger partial charge in [0.15, 0.2) is 0 Å². The molecule has 0 spiro atoms. The van der Waals surface area contributed by atoms with Gasteiger partial charge >= 0.3 is 0 Å². The number of nitro groups is 1. The Balaban J connectivity index is 2.46. The standard InChI is InChI=1S/C13H15N3O2/c1-10(2)14-11-7-12(15-5-3-4-6-15)9-13(8-11)16(17)18/h3-10,14H,1-2H3. The van der Waals surface area contributed by atoms with E-state index < -0.39 is 0 Å². The Morgan fingerprint density at radius 2 is 1.89 bits per heavy atom. The van der Waals surface area contributed by atoms with Crippen molar-refractivity contribution in [2.24, 2.45) is 0 Å². The highest BCUT2D eigenvalue weighted by Gasteiger charge is 2.11. The van der Waals surface area contributed by atoms with Crippen LogP contribution in [-0.4, -0.2) is 15.5 Å². The fourth-order valence-corrected chi connectivity index (χ4v) is 1.77. The van der Waals surface area contributed by atoms with Crippen molar-refractivity contribution >= 4 is 11.4 Å². The summed E-state index contributed by atoms with van der Waals surface area (Å²) in [6.07, 6.45) is 3.72. The van der Waals surface area contributed by atoms with Crippen LogP contribution in [0.4, 0.5) is 11.4 Å². The van der Waals surface area contributed by atoms with E-state index in [-0.39, 0.29) is 16.7 Å². The van der Waals surface area contributed by atoms with Crippen molar-refractivity contribution < 1.29 is 4.92 Å². The Bertz CT molecular complexity index is 547. The summed E-state index contributed by atoms with van der Waals surface area (Å²) >= 11 is 0. The zero-order valence-corrected chi connectivity index (χ0v) is 10.3. The lowest BCUT2D eigenvalue weighted by Gasteiger charge is -2.12. The minimum absolute atomic E-state index is 0.0874.